The van der Waals surface area contributed by atoms with Crippen LogP contribution in [0.3, 0.4) is 0 Å². The molecule has 0 aliphatic rings. The molecule has 1 atom stereocenters. The molecule has 1 amide bonds. The summed E-state index contributed by atoms with van der Waals surface area (Å²) in [5.74, 6) is 0.850. The molecule has 2 aromatic carbocycles. The Morgan fingerprint density at radius 3 is 2.58 bits per heavy atom. The van der Waals surface area contributed by atoms with Crippen molar-refractivity contribution in [2.24, 2.45) is 0 Å². The highest BCUT2D eigenvalue weighted by atomic mass is 127. The fourth-order valence-electron chi connectivity index (χ4n) is 2.31. The van der Waals surface area contributed by atoms with E-state index in [1.807, 2.05) is 54.6 Å². The molecule has 0 aliphatic heterocycles. The predicted octanol–water partition coefficient (Wildman–Crippen LogP) is 4.38. The van der Waals surface area contributed by atoms with Crippen molar-refractivity contribution >= 4 is 40.0 Å². The summed E-state index contributed by atoms with van der Waals surface area (Å²) in [7, 11) is 0. The van der Waals surface area contributed by atoms with E-state index in [0.29, 0.717) is 11.6 Å². The lowest BCUT2D eigenvalue weighted by molar-refractivity contribution is -0.117. The van der Waals surface area contributed by atoms with E-state index in [-0.39, 0.29) is 5.91 Å². The molecule has 5 nitrogen and oxygen atoms in total. The Kier molecular flexibility index (Phi) is 5.14. The standard InChI is InChI=1S/C18H16IN3O2/c1-12-10-16(22-24-12)21-18(23)17(13-6-3-2-4-7-13)20-15-9-5-8-14(19)11-15/h2-11,17,20H,1H3,(H,21,22,23)/t17-/m0/s1. The van der Waals surface area contributed by atoms with Crippen molar-refractivity contribution in [1.82, 2.24) is 5.16 Å². The van der Waals surface area contributed by atoms with E-state index in [9.17, 15) is 4.79 Å². The van der Waals surface area contributed by atoms with Gasteiger partial charge in [0, 0.05) is 15.3 Å². The SMILES string of the molecule is Cc1cc(NC(=O)[C@@H](Nc2cccc(I)c2)c2ccccc2)no1. The van der Waals surface area contributed by atoms with Gasteiger partial charge in [-0.15, -0.1) is 0 Å². The van der Waals surface area contributed by atoms with Crippen molar-refractivity contribution < 1.29 is 9.32 Å². The van der Waals surface area contributed by atoms with Crippen molar-refractivity contribution in [3.05, 3.63) is 75.6 Å². The van der Waals surface area contributed by atoms with Gasteiger partial charge in [0.05, 0.1) is 0 Å². The van der Waals surface area contributed by atoms with Crippen molar-refractivity contribution in [2.45, 2.75) is 13.0 Å². The molecule has 0 fully saturated rings. The lowest BCUT2D eigenvalue weighted by Gasteiger charge is -2.19. The summed E-state index contributed by atoms with van der Waals surface area (Å²) in [6.07, 6.45) is 0. The van der Waals surface area contributed by atoms with Gasteiger partial charge in [0.15, 0.2) is 5.82 Å². The Bertz CT molecular complexity index is 833. The smallest absolute Gasteiger partial charge is 0.252 e. The van der Waals surface area contributed by atoms with E-state index in [2.05, 4.69) is 38.4 Å². The number of halogens is 1. The molecule has 0 saturated carbocycles. The second-order valence-electron chi connectivity index (χ2n) is 5.31. The number of anilines is 2. The minimum absolute atomic E-state index is 0.201. The van der Waals surface area contributed by atoms with Gasteiger partial charge in [-0.25, -0.2) is 0 Å². The number of carbonyl (C=O) groups is 1. The quantitative estimate of drug-likeness (QED) is 0.587. The van der Waals surface area contributed by atoms with Crippen LogP contribution in [0.5, 0.6) is 0 Å². The lowest BCUT2D eigenvalue weighted by Crippen LogP contribution is -2.27. The summed E-state index contributed by atoms with van der Waals surface area (Å²) in [5, 5.41) is 9.89. The number of amides is 1. The lowest BCUT2D eigenvalue weighted by atomic mass is 10.1. The number of rotatable bonds is 5. The van der Waals surface area contributed by atoms with Crippen LogP contribution in [0.15, 0.2) is 65.2 Å². The van der Waals surface area contributed by atoms with Crippen LogP contribution in [0.25, 0.3) is 0 Å². The van der Waals surface area contributed by atoms with E-state index in [1.165, 1.54) is 0 Å². The van der Waals surface area contributed by atoms with Gasteiger partial charge in [-0.2, -0.15) is 0 Å². The highest BCUT2D eigenvalue weighted by Gasteiger charge is 2.21. The van der Waals surface area contributed by atoms with Crippen molar-refractivity contribution in [2.75, 3.05) is 10.6 Å². The molecule has 0 aliphatic carbocycles. The third-order valence-corrected chi connectivity index (χ3v) is 4.08. The molecule has 1 aromatic heterocycles. The van der Waals surface area contributed by atoms with Gasteiger partial charge in [-0.05, 0) is 53.3 Å². The fraction of sp³-hybridized carbons (Fsp3) is 0.111. The van der Waals surface area contributed by atoms with Crippen molar-refractivity contribution in [3.8, 4) is 0 Å². The largest absolute Gasteiger partial charge is 0.370 e. The number of carbonyl (C=O) groups excluding carboxylic acids is 1. The summed E-state index contributed by atoms with van der Waals surface area (Å²) in [6, 6.07) is 18.6. The van der Waals surface area contributed by atoms with Gasteiger partial charge >= 0.3 is 0 Å². The third kappa shape index (κ3) is 4.14. The molecule has 122 valence electrons. The number of aryl methyl sites for hydroxylation is 1. The molecule has 3 aromatic rings. The number of aromatic nitrogens is 1. The number of hydrogen-bond acceptors (Lipinski definition) is 4. The summed E-state index contributed by atoms with van der Waals surface area (Å²) < 4.78 is 6.09. The van der Waals surface area contributed by atoms with Crippen LogP contribution in [-0.2, 0) is 4.79 Å². The molecule has 0 radical (unpaired) electrons. The van der Waals surface area contributed by atoms with Crippen molar-refractivity contribution in [3.63, 3.8) is 0 Å². The zero-order valence-electron chi connectivity index (χ0n) is 13.0. The van der Waals surface area contributed by atoms with E-state index in [4.69, 9.17) is 4.52 Å². The van der Waals surface area contributed by atoms with Crippen LogP contribution in [0.2, 0.25) is 0 Å². The maximum absolute atomic E-state index is 12.8. The monoisotopic (exact) mass is 433 g/mol. The Hall–Kier alpha value is -2.35. The van der Waals surface area contributed by atoms with Gasteiger partial charge in [-0.3, -0.25) is 4.79 Å². The van der Waals surface area contributed by atoms with Crippen LogP contribution in [0.4, 0.5) is 11.5 Å². The predicted molar refractivity (Wildman–Crippen MR) is 102 cm³/mol. The molecule has 0 spiro atoms. The van der Waals surface area contributed by atoms with Crippen LogP contribution in [0, 0.1) is 10.5 Å². The van der Waals surface area contributed by atoms with Gasteiger partial charge in [0.25, 0.3) is 5.91 Å². The molecule has 0 saturated heterocycles. The first-order valence-corrected chi connectivity index (χ1v) is 8.51. The zero-order valence-corrected chi connectivity index (χ0v) is 15.2. The van der Waals surface area contributed by atoms with E-state index < -0.39 is 6.04 Å². The van der Waals surface area contributed by atoms with Gasteiger partial charge in [-0.1, -0.05) is 41.6 Å². The number of hydrogen-bond donors (Lipinski definition) is 2. The maximum atomic E-state index is 12.8. The van der Waals surface area contributed by atoms with E-state index in [1.54, 1.807) is 13.0 Å². The van der Waals surface area contributed by atoms with Crippen LogP contribution in [0.1, 0.15) is 17.4 Å². The minimum Gasteiger partial charge on any atom is -0.370 e. The molecular weight excluding hydrogens is 417 g/mol. The molecule has 24 heavy (non-hydrogen) atoms. The molecule has 6 heteroatoms. The topological polar surface area (TPSA) is 67.2 Å². The number of benzene rings is 2. The van der Waals surface area contributed by atoms with Gasteiger partial charge in [0.1, 0.15) is 11.8 Å². The summed E-state index contributed by atoms with van der Waals surface area (Å²) in [6.45, 7) is 1.78. The maximum Gasteiger partial charge on any atom is 0.252 e. The van der Waals surface area contributed by atoms with Gasteiger partial charge < -0.3 is 15.2 Å². The van der Waals surface area contributed by atoms with Crippen LogP contribution < -0.4 is 10.6 Å². The summed E-state index contributed by atoms with van der Waals surface area (Å²) in [5.41, 5.74) is 1.75. The second kappa shape index (κ2) is 7.48. The average molecular weight is 433 g/mol. The normalized spacial score (nSPS) is 11.8. The first-order chi connectivity index (χ1) is 11.6. The summed E-state index contributed by atoms with van der Waals surface area (Å²) in [4.78, 5) is 12.8. The van der Waals surface area contributed by atoms with Gasteiger partial charge in [0.2, 0.25) is 0 Å². The Labute approximate surface area is 153 Å². The van der Waals surface area contributed by atoms with Crippen LogP contribution in [-0.4, -0.2) is 11.1 Å². The molecule has 0 unspecified atom stereocenters. The highest BCUT2D eigenvalue weighted by molar-refractivity contribution is 14.1. The first-order valence-electron chi connectivity index (χ1n) is 7.43. The number of nitrogens with one attached hydrogen (secondary N) is 2. The van der Waals surface area contributed by atoms with Crippen molar-refractivity contribution in [1.29, 1.82) is 0 Å². The first kappa shape index (κ1) is 16.5. The Morgan fingerprint density at radius 1 is 1.12 bits per heavy atom. The Balaban J connectivity index is 1.85. The molecule has 2 N–H and O–H groups in total. The molecule has 1 heterocycles. The van der Waals surface area contributed by atoms with E-state index >= 15 is 0 Å². The number of nitrogens with zero attached hydrogens (tertiary/aromatic N) is 1. The summed E-state index contributed by atoms with van der Waals surface area (Å²) >= 11 is 2.24. The zero-order chi connectivity index (χ0) is 16.9. The van der Waals surface area contributed by atoms with E-state index in [0.717, 1.165) is 14.8 Å². The third-order valence-electron chi connectivity index (χ3n) is 3.41. The Morgan fingerprint density at radius 2 is 1.92 bits per heavy atom. The second-order valence-corrected chi connectivity index (χ2v) is 6.56. The highest BCUT2D eigenvalue weighted by Crippen LogP contribution is 2.22. The molecule has 3 rings (SSSR count). The average Bonchev–Trinajstić information content (AvgIpc) is 2.98. The minimum atomic E-state index is -0.540. The molecule has 0 bridgehead atoms. The van der Waals surface area contributed by atoms with Crippen LogP contribution >= 0.6 is 22.6 Å². The fourth-order valence-corrected chi connectivity index (χ4v) is 2.86. The molecular formula is C18H16IN3O2.